The Morgan fingerprint density at radius 3 is 2.54 bits per heavy atom. The molecule has 130 valence electrons. The molecular formula is C21H18N2O3. The Morgan fingerprint density at radius 2 is 1.88 bits per heavy atom. The van der Waals surface area contributed by atoms with E-state index in [4.69, 9.17) is 14.7 Å². The van der Waals surface area contributed by atoms with Gasteiger partial charge in [0.05, 0.1) is 11.1 Å². The molecular weight excluding hydrogens is 328 g/mol. The van der Waals surface area contributed by atoms with Crippen molar-refractivity contribution in [2.45, 2.75) is 19.8 Å². The largest absolute Gasteiger partial charge is 0.467 e. The van der Waals surface area contributed by atoms with E-state index < -0.39 is 0 Å². The summed E-state index contributed by atoms with van der Waals surface area (Å²) in [6, 6.07) is 18.4. The van der Waals surface area contributed by atoms with Crippen molar-refractivity contribution in [2.75, 3.05) is 0 Å². The molecule has 0 fully saturated rings. The number of benzene rings is 2. The van der Waals surface area contributed by atoms with E-state index in [0.29, 0.717) is 16.9 Å². The van der Waals surface area contributed by atoms with Gasteiger partial charge in [-0.25, -0.2) is 4.79 Å². The Morgan fingerprint density at radius 1 is 1.15 bits per heavy atom. The van der Waals surface area contributed by atoms with Gasteiger partial charge in [0, 0.05) is 5.70 Å². The standard InChI is InChI=1S/C21H18N2O3/c1-15-18(13-22)9-12-20(23-15)26-19-10-7-17(8-11-19)21(24)25-14-16-5-3-2-4-6-16/h2-12,20,23H,14H2,1H3. The predicted octanol–water partition coefficient (Wildman–Crippen LogP) is 3.71. The quantitative estimate of drug-likeness (QED) is 0.836. The lowest BCUT2D eigenvalue weighted by atomic mass is 10.1. The molecule has 26 heavy (non-hydrogen) atoms. The van der Waals surface area contributed by atoms with Crippen molar-refractivity contribution in [3.8, 4) is 11.8 Å². The number of hydrogen-bond donors (Lipinski definition) is 1. The molecule has 0 amide bonds. The van der Waals surface area contributed by atoms with E-state index in [2.05, 4.69) is 11.4 Å². The summed E-state index contributed by atoms with van der Waals surface area (Å²) < 4.78 is 11.1. The number of nitrogens with zero attached hydrogens (tertiary/aromatic N) is 1. The molecule has 0 bridgehead atoms. The SMILES string of the molecule is CC1=C(C#N)C=CC(Oc2ccc(C(=O)OCc3ccccc3)cc2)N1. The van der Waals surface area contributed by atoms with Crippen LogP contribution in [0.25, 0.3) is 0 Å². The van der Waals surface area contributed by atoms with Gasteiger partial charge in [-0.15, -0.1) is 0 Å². The van der Waals surface area contributed by atoms with Gasteiger partial charge in [-0.2, -0.15) is 5.26 Å². The van der Waals surface area contributed by atoms with Gasteiger partial charge < -0.3 is 14.8 Å². The highest BCUT2D eigenvalue weighted by molar-refractivity contribution is 5.89. The number of dihydropyridines is 1. The van der Waals surface area contributed by atoms with E-state index >= 15 is 0 Å². The maximum Gasteiger partial charge on any atom is 0.338 e. The molecule has 0 saturated carbocycles. The van der Waals surface area contributed by atoms with E-state index in [0.717, 1.165) is 11.3 Å². The number of rotatable bonds is 5. The highest BCUT2D eigenvalue weighted by atomic mass is 16.5. The van der Waals surface area contributed by atoms with Gasteiger partial charge in [0.25, 0.3) is 0 Å². The third-order valence-corrected chi connectivity index (χ3v) is 3.89. The fraction of sp³-hybridized carbons (Fsp3) is 0.143. The molecule has 2 aromatic carbocycles. The fourth-order valence-electron chi connectivity index (χ4n) is 2.46. The number of allylic oxidation sites excluding steroid dienone is 3. The van der Waals surface area contributed by atoms with Gasteiger partial charge in [-0.1, -0.05) is 30.3 Å². The maximum atomic E-state index is 12.1. The summed E-state index contributed by atoms with van der Waals surface area (Å²) in [4.78, 5) is 12.1. The number of nitrogens with one attached hydrogen (secondary N) is 1. The summed E-state index contributed by atoms with van der Waals surface area (Å²) in [6.07, 6.45) is 3.14. The Kier molecular flexibility index (Phi) is 5.35. The molecule has 0 saturated heterocycles. The van der Waals surface area contributed by atoms with Crippen LogP contribution in [0.2, 0.25) is 0 Å². The average Bonchev–Trinajstić information content (AvgIpc) is 2.68. The molecule has 1 unspecified atom stereocenters. The molecule has 0 spiro atoms. The summed E-state index contributed by atoms with van der Waals surface area (Å²) in [5.41, 5.74) is 2.75. The summed E-state index contributed by atoms with van der Waals surface area (Å²) in [5, 5.41) is 12.1. The van der Waals surface area contributed by atoms with Gasteiger partial charge >= 0.3 is 5.97 Å². The normalized spacial score (nSPS) is 15.8. The van der Waals surface area contributed by atoms with Crippen molar-refractivity contribution in [3.05, 3.63) is 89.1 Å². The highest BCUT2D eigenvalue weighted by Gasteiger charge is 2.14. The highest BCUT2D eigenvalue weighted by Crippen LogP contribution is 2.18. The molecule has 0 aliphatic carbocycles. The van der Waals surface area contributed by atoms with Crippen molar-refractivity contribution in [3.63, 3.8) is 0 Å². The zero-order chi connectivity index (χ0) is 18.4. The first-order valence-electron chi connectivity index (χ1n) is 8.19. The first-order chi connectivity index (χ1) is 12.7. The molecule has 1 atom stereocenters. The lowest BCUT2D eigenvalue weighted by molar-refractivity contribution is 0.0472. The topological polar surface area (TPSA) is 71.3 Å². The fourth-order valence-corrected chi connectivity index (χ4v) is 2.46. The second-order valence-corrected chi connectivity index (χ2v) is 5.78. The van der Waals surface area contributed by atoms with Crippen LogP contribution in [-0.2, 0) is 11.3 Å². The van der Waals surface area contributed by atoms with Crippen molar-refractivity contribution in [2.24, 2.45) is 0 Å². The minimum absolute atomic E-state index is 0.238. The number of carbonyl (C=O) groups excluding carboxylic acids is 1. The molecule has 1 N–H and O–H groups in total. The van der Waals surface area contributed by atoms with Crippen LogP contribution < -0.4 is 10.1 Å². The minimum atomic E-state index is -0.381. The molecule has 0 aromatic heterocycles. The van der Waals surface area contributed by atoms with E-state index in [1.54, 1.807) is 36.4 Å². The summed E-state index contributed by atoms with van der Waals surface area (Å²) >= 11 is 0. The zero-order valence-corrected chi connectivity index (χ0v) is 14.3. The number of nitriles is 1. The third-order valence-electron chi connectivity index (χ3n) is 3.89. The zero-order valence-electron chi connectivity index (χ0n) is 14.3. The monoisotopic (exact) mass is 346 g/mol. The van der Waals surface area contributed by atoms with Crippen molar-refractivity contribution >= 4 is 5.97 Å². The molecule has 5 heteroatoms. The molecule has 2 aromatic rings. The Bertz CT molecular complexity index is 878. The molecule has 3 rings (SSSR count). The number of esters is 1. The van der Waals surface area contributed by atoms with Gasteiger partial charge in [0.2, 0.25) is 0 Å². The number of hydrogen-bond acceptors (Lipinski definition) is 5. The Labute approximate surface area is 152 Å². The first kappa shape index (κ1) is 17.3. The Balaban J connectivity index is 1.55. The van der Waals surface area contributed by atoms with Crippen LogP contribution in [0.4, 0.5) is 0 Å². The second kappa shape index (κ2) is 8.04. The van der Waals surface area contributed by atoms with Crippen molar-refractivity contribution in [1.29, 1.82) is 5.26 Å². The van der Waals surface area contributed by atoms with E-state index in [1.165, 1.54) is 0 Å². The predicted molar refractivity (Wildman–Crippen MR) is 97.0 cm³/mol. The summed E-state index contributed by atoms with van der Waals surface area (Å²) in [5.74, 6) is 0.230. The van der Waals surface area contributed by atoms with E-state index in [1.807, 2.05) is 37.3 Å². The Hall–Kier alpha value is -3.52. The second-order valence-electron chi connectivity index (χ2n) is 5.78. The van der Waals surface area contributed by atoms with Gasteiger partial charge in [0.1, 0.15) is 18.4 Å². The molecule has 0 radical (unpaired) electrons. The lowest BCUT2D eigenvalue weighted by Gasteiger charge is -2.22. The first-order valence-corrected chi connectivity index (χ1v) is 8.19. The maximum absolute atomic E-state index is 12.1. The molecule has 1 heterocycles. The van der Waals surface area contributed by atoms with E-state index in [-0.39, 0.29) is 18.8 Å². The van der Waals surface area contributed by atoms with Crippen molar-refractivity contribution < 1.29 is 14.3 Å². The lowest BCUT2D eigenvalue weighted by Crippen LogP contribution is -2.33. The minimum Gasteiger partial charge on any atom is -0.467 e. The van der Waals surface area contributed by atoms with E-state index in [9.17, 15) is 4.79 Å². The van der Waals surface area contributed by atoms with Crippen LogP contribution in [0.1, 0.15) is 22.8 Å². The van der Waals surface area contributed by atoms with Crippen LogP contribution in [0.15, 0.2) is 78.0 Å². The van der Waals surface area contributed by atoms with Crippen LogP contribution in [0, 0.1) is 11.3 Å². The smallest absolute Gasteiger partial charge is 0.338 e. The van der Waals surface area contributed by atoms with Crippen LogP contribution >= 0.6 is 0 Å². The third kappa shape index (κ3) is 4.31. The summed E-state index contributed by atoms with van der Waals surface area (Å²) in [7, 11) is 0. The molecule has 1 aliphatic heterocycles. The average molecular weight is 346 g/mol. The molecule has 5 nitrogen and oxygen atoms in total. The van der Waals surface area contributed by atoms with Gasteiger partial charge in [-0.05, 0) is 48.9 Å². The van der Waals surface area contributed by atoms with Gasteiger partial charge in [-0.3, -0.25) is 0 Å². The number of carbonyl (C=O) groups is 1. The number of ether oxygens (including phenoxy) is 2. The summed E-state index contributed by atoms with van der Waals surface area (Å²) in [6.45, 7) is 2.06. The van der Waals surface area contributed by atoms with Crippen LogP contribution in [0.5, 0.6) is 5.75 Å². The van der Waals surface area contributed by atoms with Gasteiger partial charge in [0.15, 0.2) is 6.23 Å². The van der Waals surface area contributed by atoms with Crippen LogP contribution in [0.3, 0.4) is 0 Å². The molecule has 1 aliphatic rings. The van der Waals surface area contributed by atoms with Crippen molar-refractivity contribution in [1.82, 2.24) is 5.32 Å². The van der Waals surface area contributed by atoms with Crippen LogP contribution in [-0.4, -0.2) is 12.2 Å².